The SMILES string of the molecule is O=C(COc1ccc(Cl)cc1)N1CCCN(c2nc(Cc3ccc(Cl)cc3)ns2)CC1. The fourth-order valence-electron chi connectivity index (χ4n) is 3.36. The second-order valence-corrected chi connectivity index (χ2v) is 8.86. The van der Waals surface area contributed by atoms with Crippen molar-refractivity contribution < 1.29 is 9.53 Å². The van der Waals surface area contributed by atoms with Gasteiger partial charge in [-0.25, -0.2) is 4.98 Å². The molecule has 0 unspecified atom stereocenters. The highest BCUT2D eigenvalue weighted by Gasteiger charge is 2.21. The van der Waals surface area contributed by atoms with Gasteiger partial charge in [0.25, 0.3) is 5.91 Å². The molecular formula is C22H22Cl2N4O2S. The highest BCUT2D eigenvalue weighted by Crippen LogP contribution is 2.21. The number of rotatable bonds is 6. The Kier molecular flexibility index (Phi) is 7.27. The molecule has 4 rings (SSSR count). The summed E-state index contributed by atoms with van der Waals surface area (Å²) in [6, 6.07) is 14.7. The highest BCUT2D eigenvalue weighted by atomic mass is 35.5. The van der Waals surface area contributed by atoms with Crippen LogP contribution in [0.3, 0.4) is 0 Å². The number of halogens is 2. The fraction of sp³-hybridized carbons (Fsp3) is 0.318. The number of carbonyl (C=O) groups excluding carboxylic acids is 1. The van der Waals surface area contributed by atoms with Gasteiger partial charge in [-0.3, -0.25) is 4.79 Å². The van der Waals surface area contributed by atoms with Gasteiger partial charge in [-0.1, -0.05) is 35.3 Å². The standard InChI is InChI=1S/C22H22Cl2N4O2S/c23-17-4-2-16(3-5-17)14-20-25-22(31-26-20)28-11-1-10-27(12-13-28)21(29)15-30-19-8-6-18(24)7-9-19/h2-9H,1,10-15H2. The zero-order chi connectivity index (χ0) is 21.6. The van der Waals surface area contributed by atoms with Crippen molar-refractivity contribution in [2.24, 2.45) is 0 Å². The number of amides is 1. The van der Waals surface area contributed by atoms with Crippen LogP contribution >= 0.6 is 34.7 Å². The Hall–Kier alpha value is -2.35. The average molecular weight is 477 g/mol. The van der Waals surface area contributed by atoms with Gasteiger partial charge in [-0.05, 0) is 48.4 Å². The molecule has 9 heteroatoms. The van der Waals surface area contributed by atoms with Crippen molar-refractivity contribution in [3.63, 3.8) is 0 Å². The summed E-state index contributed by atoms with van der Waals surface area (Å²) in [7, 11) is 0. The van der Waals surface area contributed by atoms with E-state index in [2.05, 4.69) is 9.27 Å². The number of benzene rings is 2. The molecule has 1 aliphatic rings. The lowest BCUT2D eigenvalue weighted by Crippen LogP contribution is -2.38. The number of carbonyl (C=O) groups is 1. The van der Waals surface area contributed by atoms with Gasteiger partial charge in [0, 0.05) is 54.2 Å². The molecular weight excluding hydrogens is 455 g/mol. The first-order valence-electron chi connectivity index (χ1n) is 10.0. The van der Waals surface area contributed by atoms with Gasteiger partial charge in [0.2, 0.25) is 5.13 Å². The number of ether oxygens (including phenoxy) is 1. The summed E-state index contributed by atoms with van der Waals surface area (Å²) in [6.45, 7) is 2.93. The molecule has 6 nitrogen and oxygen atoms in total. The van der Waals surface area contributed by atoms with E-state index in [4.69, 9.17) is 32.9 Å². The Morgan fingerprint density at radius 2 is 1.68 bits per heavy atom. The molecule has 3 aromatic rings. The third kappa shape index (κ3) is 6.09. The molecule has 0 N–H and O–H groups in total. The Labute approximate surface area is 195 Å². The molecule has 0 radical (unpaired) electrons. The van der Waals surface area contributed by atoms with E-state index in [9.17, 15) is 4.79 Å². The molecule has 0 aliphatic carbocycles. The third-order valence-electron chi connectivity index (χ3n) is 5.03. The zero-order valence-corrected chi connectivity index (χ0v) is 19.2. The average Bonchev–Trinajstić information content (AvgIpc) is 3.09. The number of hydrogen-bond donors (Lipinski definition) is 0. The minimum absolute atomic E-state index is 0.0162. The smallest absolute Gasteiger partial charge is 0.260 e. The van der Waals surface area contributed by atoms with E-state index in [1.165, 1.54) is 11.5 Å². The van der Waals surface area contributed by atoms with Crippen LogP contribution in [-0.4, -0.2) is 53.0 Å². The highest BCUT2D eigenvalue weighted by molar-refractivity contribution is 7.09. The van der Waals surface area contributed by atoms with Crippen LogP contribution < -0.4 is 9.64 Å². The first kappa shape index (κ1) is 21.9. The molecule has 1 saturated heterocycles. The molecule has 0 spiro atoms. The van der Waals surface area contributed by atoms with E-state index >= 15 is 0 Å². The van der Waals surface area contributed by atoms with Gasteiger partial charge in [0.05, 0.1) is 0 Å². The first-order chi connectivity index (χ1) is 15.1. The van der Waals surface area contributed by atoms with Crippen molar-refractivity contribution in [2.75, 3.05) is 37.7 Å². The van der Waals surface area contributed by atoms with Crippen molar-refractivity contribution in [3.8, 4) is 5.75 Å². The van der Waals surface area contributed by atoms with Crippen LogP contribution in [-0.2, 0) is 11.2 Å². The van der Waals surface area contributed by atoms with Crippen LogP contribution in [0.5, 0.6) is 5.75 Å². The maximum atomic E-state index is 12.6. The second kappa shape index (κ2) is 10.3. The monoisotopic (exact) mass is 476 g/mol. The third-order valence-corrected chi connectivity index (χ3v) is 6.35. The topological polar surface area (TPSA) is 58.6 Å². The maximum absolute atomic E-state index is 12.6. The Bertz CT molecular complexity index is 1010. The quantitative estimate of drug-likeness (QED) is 0.521. The molecule has 0 saturated carbocycles. The van der Waals surface area contributed by atoms with Crippen LogP contribution in [0.1, 0.15) is 17.8 Å². The van der Waals surface area contributed by atoms with Crippen LogP contribution in [0.2, 0.25) is 10.0 Å². The summed E-state index contributed by atoms with van der Waals surface area (Å²) in [5, 5.41) is 2.26. The molecule has 2 heterocycles. The molecule has 0 atom stereocenters. The predicted octanol–water partition coefficient (Wildman–Crippen LogP) is 4.55. The summed E-state index contributed by atoms with van der Waals surface area (Å²) >= 11 is 13.2. The normalized spacial score (nSPS) is 14.4. The summed E-state index contributed by atoms with van der Waals surface area (Å²) in [5.41, 5.74) is 1.13. The van der Waals surface area contributed by atoms with Crippen LogP contribution in [0.15, 0.2) is 48.5 Å². The molecule has 2 aromatic carbocycles. The Morgan fingerprint density at radius 3 is 2.42 bits per heavy atom. The van der Waals surface area contributed by atoms with Gasteiger partial charge < -0.3 is 14.5 Å². The number of anilines is 1. The van der Waals surface area contributed by atoms with Gasteiger partial charge >= 0.3 is 0 Å². The number of aromatic nitrogens is 2. The van der Waals surface area contributed by atoms with Gasteiger partial charge in [0.15, 0.2) is 6.61 Å². The first-order valence-corrected chi connectivity index (χ1v) is 11.6. The molecule has 1 aromatic heterocycles. The van der Waals surface area contributed by atoms with Gasteiger partial charge in [0.1, 0.15) is 11.6 Å². The van der Waals surface area contributed by atoms with E-state index < -0.39 is 0 Å². The lowest BCUT2D eigenvalue weighted by molar-refractivity contribution is -0.133. The predicted molar refractivity (Wildman–Crippen MR) is 125 cm³/mol. The zero-order valence-electron chi connectivity index (χ0n) is 16.8. The Morgan fingerprint density at radius 1 is 0.968 bits per heavy atom. The van der Waals surface area contributed by atoms with E-state index in [-0.39, 0.29) is 12.5 Å². The fourth-order valence-corrected chi connectivity index (χ4v) is 4.34. The largest absolute Gasteiger partial charge is 0.484 e. The van der Waals surface area contributed by atoms with Crippen LogP contribution in [0.25, 0.3) is 0 Å². The van der Waals surface area contributed by atoms with Crippen molar-refractivity contribution >= 4 is 45.8 Å². The van der Waals surface area contributed by atoms with E-state index in [1.807, 2.05) is 29.2 Å². The molecule has 0 bridgehead atoms. The summed E-state index contributed by atoms with van der Waals surface area (Å²) in [6.07, 6.45) is 1.55. The van der Waals surface area contributed by atoms with Crippen LogP contribution in [0.4, 0.5) is 5.13 Å². The molecule has 31 heavy (non-hydrogen) atoms. The molecule has 1 fully saturated rings. The lowest BCUT2D eigenvalue weighted by Gasteiger charge is -2.21. The van der Waals surface area contributed by atoms with Gasteiger partial charge in [-0.2, -0.15) is 4.37 Å². The van der Waals surface area contributed by atoms with Crippen molar-refractivity contribution in [3.05, 3.63) is 70.0 Å². The number of hydrogen-bond acceptors (Lipinski definition) is 6. The van der Waals surface area contributed by atoms with Crippen molar-refractivity contribution in [1.82, 2.24) is 14.3 Å². The van der Waals surface area contributed by atoms with E-state index in [0.717, 1.165) is 41.1 Å². The Balaban J connectivity index is 1.29. The number of nitrogens with zero attached hydrogens (tertiary/aromatic N) is 4. The molecule has 1 amide bonds. The minimum atomic E-state index is -0.0162. The van der Waals surface area contributed by atoms with Crippen molar-refractivity contribution in [1.29, 1.82) is 0 Å². The summed E-state index contributed by atoms with van der Waals surface area (Å²) in [5.74, 6) is 1.42. The summed E-state index contributed by atoms with van der Waals surface area (Å²) < 4.78 is 10.1. The second-order valence-electron chi connectivity index (χ2n) is 7.26. The van der Waals surface area contributed by atoms with Gasteiger partial charge in [-0.15, -0.1) is 0 Å². The maximum Gasteiger partial charge on any atom is 0.260 e. The van der Waals surface area contributed by atoms with E-state index in [0.29, 0.717) is 30.3 Å². The minimum Gasteiger partial charge on any atom is -0.484 e. The lowest BCUT2D eigenvalue weighted by atomic mass is 10.1. The van der Waals surface area contributed by atoms with E-state index in [1.54, 1.807) is 24.3 Å². The van der Waals surface area contributed by atoms with Crippen molar-refractivity contribution in [2.45, 2.75) is 12.8 Å². The molecule has 1 aliphatic heterocycles. The molecule has 162 valence electrons. The van der Waals surface area contributed by atoms with Crippen LogP contribution in [0, 0.1) is 0 Å². The summed E-state index contributed by atoms with van der Waals surface area (Å²) in [4.78, 5) is 21.4.